The second-order valence-electron chi connectivity index (χ2n) is 6.07. The maximum absolute atomic E-state index is 13.4. The Kier molecular flexibility index (Phi) is 5.32. The summed E-state index contributed by atoms with van der Waals surface area (Å²) in [7, 11) is -3.85. The van der Waals surface area contributed by atoms with Crippen molar-refractivity contribution in [1.29, 1.82) is 5.26 Å². The Morgan fingerprint density at radius 2 is 1.73 bits per heavy atom. The van der Waals surface area contributed by atoms with Crippen molar-refractivity contribution in [3.8, 4) is 6.07 Å². The number of benzene rings is 2. The number of piperazine rings is 1. The van der Waals surface area contributed by atoms with Crippen LogP contribution < -0.4 is 0 Å². The monoisotopic (exact) mass is 377 g/mol. The molecule has 26 heavy (non-hydrogen) atoms. The van der Waals surface area contributed by atoms with Crippen LogP contribution in [0.3, 0.4) is 0 Å². The van der Waals surface area contributed by atoms with Gasteiger partial charge in [-0.3, -0.25) is 4.90 Å². The van der Waals surface area contributed by atoms with Crippen LogP contribution in [-0.4, -0.2) is 43.8 Å². The topological polar surface area (TPSA) is 64.4 Å². The summed E-state index contributed by atoms with van der Waals surface area (Å²) in [5.41, 5.74) is 1.57. The second kappa shape index (κ2) is 7.50. The Morgan fingerprint density at radius 3 is 2.38 bits per heavy atom. The van der Waals surface area contributed by atoms with E-state index in [0.29, 0.717) is 31.3 Å². The van der Waals surface area contributed by atoms with Crippen LogP contribution in [0.25, 0.3) is 0 Å². The smallest absolute Gasteiger partial charge is 0.243 e. The molecule has 1 aliphatic heterocycles. The van der Waals surface area contributed by atoms with E-state index in [1.54, 1.807) is 6.07 Å². The highest BCUT2D eigenvalue weighted by atomic mass is 32.2. The van der Waals surface area contributed by atoms with Crippen molar-refractivity contribution in [3.05, 3.63) is 65.2 Å². The van der Waals surface area contributed by atoms with Gasteiger partial charge in [0.15, 0.2) is 11.6 Å². The Hall–Kier alpha value is -2.34. The normalized spacial score (nSPS) is 16.3. The zero-order valence-electron chi connectivity index (χ0n) is 13.9. The van der Waals surface area contributed by atoms with Crippen molar-refractivity contribution in [3.63, 3.8) is 0 Å². The lowest BCUT2D eigenvalue weighted by atomic mass is 10.1. The summed E-state index contributed by atoms with van der Waals surface area (Å²) >= 11 is 0. The van der Waals surface area contributed by atoms with Crippen molar-refractivity contribution in [1.82, 2.24) is 9.21 Å². The highest BCUT2D eigenvalue weighted by molar-refractivity contribution is 7.89. The van der Waals surface area contributed by atoms with Crippen molar-refractivity contribution in [2.45, 2.75) is 11.4 Å². The van der Waals surface area contributed by atoms with E-state index in [0.717, 1.165) is 17.7 Å². The number of rotatable bonds is 4. The summed E-state index contributed by atoms with van der Waals surface area (Å²) in [5, 5.41) is 8.95. The average molecular weight is 377 g/mol. The predicted molar refractivity (Wildman–Crippen MR) is 91.6 cm³/mol. The van der Waals surface area contributed by atoms with E-state index in [-0.39, 0.29) is 18.0 Å². The van der Waals surface area contributed by atoms with Crippen molar-refractivity contribution in [2.75, 3.05) is 26.2 Å². The third kappa shape index (κ3) is 3.90. The largest absolute Gasteiger partial charge is 0.296 e. The maximum atomic E-state index is 13.4. The van der Waals surface area contributed by atoms with E-state index in [2.05, 4.69) is 11.0 Å². The molecule has 0 spiro atoms. The Balaban J connectivity index is 1.65. The van der Waals surface area contributed by atoms with E-state index in [9.17, 15) is 17.2 Å². The van der Waals surface area contributed by atoms with Gasteiger partial charge in [-0.1, -0.05) is 12.1 Å². The van der Waals surface area contributed by atoms with Gasteiger partial charge in [0, 0.05) is 32.7 Å². The molecule has 8 heteroatoms. The summed E-state index contributed by atoms with van der Waals surface area (Å²) in [4.78, 5) is 1.85. The first-order chi connectivity index (χ1) is 12.4. The fourth-order valence-electron chi connectivity index (χ4n) is 2.91. The van der Waals surface area contributed by atoms with Gasteiger partial charge in [0.1, 0.15) is 0 Å². The summed E-state index contributed by atoms with van der Waals surface area (Å²) in [6.45, 7) is 2.17. The molecule has 0 N–H and O–H groups in total. The van der Waals surface area contributed by atoms with Crippen molar-refractivity contribution >= 4 is 10.0 Å². The molecule has 1 saturated heterocycles. The predicted octanol–water partition coefficient (Wildman–Crippen LogP) is 2.34. The third-order valence-corrected chi connectivity index (χ3v) is 6.22. The van der Waals surface area contributed by atoms with Gasteiger partial charge in [0.05, 0.1) is 16.5 Å². The van der Waals surface area contributed by atoms with Gasteiger partial charge in [0.25, 0.3) is 0 Å². The molecule has 0 radical (unpaired) electrons. The highest BCUT2D eigenvalue weighted by Crippen LogP contribution is 2.20. The van der Waals surface area contributed by atoms with Crippen LogP contribution in [0.15, 0.2) is 47.4 Å². The summed E-state index contributed by atoms with van der Waals surface area (Å²) in [6, 6.07) is 12.0. The molecule has 0 atom stereocenters. The standard InChI is InChI=1S/C18H17F2N3O2S/c19-17-5-4-16(11-18(17)20)26(24,25)23-8-6-22(7-9-23)13-15-3-1-2-14(10-15)12-21/h1-5,10-11H,6-9,13H2. The average Bonchev–Trinajstić information content (AvgIpc) is 2.64. The molecule has 0 saturated carbocycles. The van der Waals surface area contributed by atoms with Gasteiger partial charge >= 0.3 is 0 Å². The lowest BCUT2D eigenvalue weighted by molar-refractivity contribution is 0.181. The van der Waals surface area contributed by atoms with E-state index in [4.69, 9.17) is 5.26 Å². The molecule has 0 aromatic heterocycles. The molecule has 2 aromatic carbocycles. The molecule has 1 heterocycles. The molecule has 1 fully saturated rings. The fourth-order valence-corrected chi connectivity index (χ4v) is 4.35. The van der Waals surface area contributed by atoms with Gasteiger partial charge in [-0.05, 0) is 35.9 Å². The molecule has 0 unspecified atom stereocenters. The fraction of sp³-hybridized carbons (Fsp3) is 0.278. The minimum Gasteiger partial charge on any atom is -0.296 e. The highest BCUT2D eigenvalue weighted by Gasteiger charge is 2.29. The van der Waals surface area contributed by atoms with Gasteiger partial charge < -0.3 is 0 Å². The lowest BCUT2D eigenvalue weighted by Crippen LogP contribution is -2.48. The minimum atomic E-state index is -3.85. The van der Waals surface area contributed by atoms with Gasteiger partial charge in [-0.25, -0.2) is 17.2 Å². The van der Waals surface area contributed by atoms with E-state index in [1.807, 2.05) is 18.2 Å². The molecule has 136 valence electrons. The molecule has 3 rings (SSSR count). The quantitative estimate of drug-likeness (QED) is 0.821. The summed E-state index contributed by atoms with van der Waals surface area (Å²) in [5.74, 6) is -2.25. The number of halogens is 2. The molecule has 0 bridgehead atoms. The third-order valence-electron chi connectivity index (χ3n) is 4.32. The van der Waals surface area contributed by atoms with Crippen LogP contribution in [0.5, 0.6) is 0 Å². The van der Waals surface area contributed by atoms with Crippen LogP contribution in [0.1, 0.15) is 11.1 Å². The number of sulfonamides is 1. The van der Waals surface area contributed by atoms with Gasteiger partial charge in [-0.2, -0.15) is 9.57 Å². The molecular weight excluding hydrogens is 360 g/mol. The lowest BCUT2D eigenvalue weighted by Gasteiger charge is -2.34. The molecule has 0 aliphatic carbocycles. The SMILES string of the molecule is N#Cc1cccc(CN2CCN(S(=O)(=O)c3ccc(F)c(F)c3)CC2)c1. The maximum Gasteiger partial charge on any atom is 0.243 e. The Bertz CT molecular complexity index is 949. The number of nitriles is 1. The van der Waals surface area contributed by atoms with Gasteiger partial charge in [-0.15, -0.1) is 0 Å². The number of nitrogens with zero attached hydrogens (tertiary/aromatic N) is 3. The zero-order chi connectivity index (χ0) is 18.7. The molecule has 0 amide bonds. The second-order valence-corrected chi connectivity index (χ2v) is 8.01. The number of hydrogen-bond donors (Lipinski definition) is 0. The van der Waals surface area contributed by atoms with Crippen LogP contribution in [-0.2, 0) is 16.6 Å². The molecule has 2 aromatic rings. The number of hydrogen-bond acceptors (Lipinski definition) is 4. The first kappa shape index (κ1) is 18.5. The first-order valence-electron chi connectivity index (χ1n) is 8.07. The summed E-state index contributed by atoms with van der Waals surface area (Å²) in [6.07, 6.45) is 0. The Morgan fingerprint density at radius 1 is 1.00 bits per heavy atom. The Labute approximate surface area is 151 Å². The molecular formula is C18H17F2N3O2S. The summed E-state index contributed by atoms with van der Waals surface area (Å²) < 4.78 is 52.8. The molecule has 5 nitrogen and oxygen atoms in total. The van der Waals surface area contributed by atoms with E-state index < -0.39 is 21.7 Å². The zero-order valence-corrected chi connectivity index (χ0v) is 14.7. The molecule has 1 aliphatic rings. The first-order valence-corrected chi connectivity index (χ1v) is 9.51. The van der Waals surface area contributed by atoms with Gasteiger partial charge in [0.2, 0.25) is 10.0 Å². The van der Waals surface area contributed by atoms with Crippen LogP contribution in [0.4, 0.5) is 8.78 Å². The van der Waals surface area contributed by atoms with Crippen LogP contribution >= 0.6 is 0 Å². The minimum absolute atomic E-state index is 0.244. The van der Waals surface area contributed by atoms with Crippen molar-refractivity contribution in [2.24, 2.45) is 0 Å². The van der Waals surface area contributed by atoms with E-state index in [1.165, 1.54) is 4.31 Å². The van der Waals surface area contributed by atoms with Crippen LogP contribution in [0, 0.1) is 23.0 Å². The van der Waals surface area contributed by atoms with Crippen molar-refractivity contribution < 1.29 is 17.2 Å². The van der Waals surface area contributed by atoms with Crippen LogP contribution in [0.2, 0.25) is 0 Å². The van der Waals surface area contributed by atoms with E-state index >= 15 is 0 Å².